The van der Waals surface area contributed by atoms with E-state index in [9.17, 15) is 9.59 Å². The summed E-state index contributed by atoms with van der Waals surface area (Å²) < 4.78 is 16.3. The van der Waals surface area contributed by atoms with E-state index in [0.717, 1.165) is 29.9 Å². The van der Waals surface area contributed by atoms with Crippen molar-refractivity contribution < 1.29 is 23.8 Å². The number of fused-ring (bicyclic) bond motifs is 1. The Morgan fingerprint density at radius 3 is 2.68 bits per heavy atom. The molecule has 2 aliphatic heterocycles. The molecule has 1 saturated carbocycles. The summed E-state index contributed by atoms with van der Waals surface area (Å²) in [5.74, 6) is 1.16. The number of carbonyl (C=O) groups is 2. The number of hydrogen-bond acceptors (Lipinski definition) is 6. The molecule has 4 rings (SSSR count). The predicted molar refractivity (Wildman–Crippen MR) is 115 cm³/mol. The molecular formula is C23H31N3O5. The van der Waals surface area contributed by atoms with Crippen molar-refractivity contribution in [2.24, 2.45) is 0 Å². The van der Waals surface area contributed by atoms with Crippen LogP contribution in [-0.4, -0.2) is 48.9 Å². The third-order valence-electron chi connectivity index (χ3n) is 6.17. The summed E-state index contributed by atoms with van der Waals surface area (Å²) in [5, 5.41) is 5.74. The molecule has 1 atom stereocenters. The molecule has 3 aliphatic rings. The van der Waals surface area contributed by atoms with Gasteiger partial charge in [-0.2, -0.15) is 0 Å². The van der Waals surface area contributed by atoms with Crippen LogP contribution in [-0.2, 0) is 16.1 Å². The number of benzene rings is 1. The zero-order valence-electron chi connectivity index (χ0n) is 18.2. The van der Waals surface area contributed by atoms with Gasteiger partial charge in [0.05, 0.1) is 18.2 Å². The van der Waals surface area contributed by atoms with E-state index >= 15 is 0 Å². The van der Waals surface area contributed by atoms with Gasteiger partial charge < -0.3 is 24.8 Å². The predicted octanol–water partition coefficient (Wildman–Crippen LogP) is 3.07. The minimum Gasteiger partial charge on any atom is -0.463 e. The molecule has 2 N–H and O–H groups in total. The van der Waals surface area contributed by atoms with Crippen LogP contribution in [0.4, 0.5) is 4.79 Å². The maximum absolute atomic E-state index is 12.8. The quantitative estimate of drug-likeness (QED) is 0.618. The molecule has 8 heteroatoms. The summed E-state index contributed by atoms with van der Waals surface area (Å²) in [6.07, 6.45) is 5.22. The van der Waals surface area contributed by atoms with Gasteiger partial charge in [0, 0.05) is 24.8 Å². The van der Waals surface area contributed by atoms with Crippen LogP contribution in [0.3, 0.4) is 0 Å². The van der Waals surface area contributed by atoms with Crippen molar-refractivity contribution in [3.8, 4) is 11.5 Å². The van der Waals surface area contributed by atoms with E-state index in [2.05, 4.69) is 15.5 Å². The molecule has 1 fully saturated rings. The van der Waals surface area contributed by atoms with Gasteiger partial charge in [-0.1, -0.05) is 25.8 Å². The molecular weight excluding hydrogens is 398 g/mol. The lowest BCUT2D eigenvalue weighted by Gasteiger charge is -2.34. The second-order valence-electron chi connectivity index (χ2n) is 8.20. The molecule has 0 radical (unpaired) electrons. The number of ether oxygens (including phenoxy) is 3. The van der Waals surface area contributed by atoms with Crippen molar-refractivity contribution in [2.75, 3.05) is 19.9 Å². The number of carbonyl (C=O) groups excluding carboxylic acids is 2. The number of urea groups is 1. The van der Waals surface area contributed by atoms with Gasteiger partial charge in [0.1, 0.15) is 0 Å². The van der Waals surface area contributed by atoms with Crippen LogP contribution < -0.4 is 20.1 Å². The highest BCUT2D eigenvalue weighted by Crippen LogP contribution is 2.34. The molecule has 2 amide bonds. The van der Waals surface area contributed by atoms with Gasteiger partial charge >= 0.3 is 12.0 Å². The maximum atomic E-state index is 12.8. The third-order valence-corrected chi connectivity index (χ3v) is 6.17. The van der Waals surface area contributed by atoms with E-state index in [-0.39, 0.29) is 24.8 Å². The van der Waals surface area contributed by atoms with E-state index in [0.29, 0.717) is 43.4 Å². The average Bonchev–Trinajstić information content (AvgIpc) is 3.44. The van der Waals surface area contributed by atoms with E-state index in [1.54, 1.807) is 6.92 Å². The average molecular weight is 430 g/mol. The van der Waals surface area contributed by atoms with Crippen molar-refractivity contribution in [1.29, 1.82) is 0 Å². The lowest BCUT2D eigenvalue weighted by Crippen LogP contribution is -2.52. The summed E-state index contributed by atoms with van der Waals surface area (Å²) in [5.41, 5.74) is 2.28. The van der Waals surface area contributed by atoms with Crippen LogP contribution in [0.2, 0.25) is 0 Å². The Balaban J connectivity index is 1.62. The van der Waals surface area contributed by atoms with Gasteiger partial charge in [0.15, 0.2) is 11.5 Å². The highest BCUT2D eigenvalue weighted by Gasteiger charge is 2.34. The first kappa shape index (κ1) is 21.5. The second kappa shape index (κ2) is 9.60. The highest BCUT2D eigenvalue weighted by atomic mass is 16.7. The summed E-state index contributed by atoms with van der Waals surface area (Å²) in [7, 11) is 0. The summed E-state index contributed by atoms with van der Waals surface area (Å²) in [4.78, 5) is 27.4. The normalized spacial score (nSPS) is 20.7. The molecule has 8 nitrogen and oxygen atoms in total. The van der Waals surface area contributed by atoms with Crippen molar-refractivity contribution >= 4 is 12.0 Å². The Kier molecular flexibility index (Phi) is 6.65. The number of esters is 1. The van der Waals surface area contributed by atoms with E-state index < -0.39 is 0 Å². The van der Waals surface area contributed by atoms with Crippen LogP contribution in [0, 0.1) is 0 Å². The van der Waals surface area contributed by atoms with Crippen molar-refractivity contribution in [3.63, 3.8) is 0 Å². The molecule has 1 aliphatic carbocycles. The first-order chi connectivity index (χ1) is 15.1. The number of nitrogens with one attached hydrogen (secondary N) is 2. The van der Waals surface area contributed by atoms with Gasteiger partial charge in [-0.25, -0.2) is 9.59 Å². The highest BCUT2D eigenvalue weighted by molar-refractivity contribution is 5.94. The molecule has 1 unspecified atom stereocenters. The number of hydrogen-bond donors (Lipinski definition) is 2. The monoisotopic (exact) mass is 429 g/mol. The first-order valence-corrected chi connectivity index (χ1v) is 11.2. The molecule has 0 saturated heterocycles. The van der Waals surface area contributed by atoms with Crippen LogP contribution in [0.5, 0.6) is 11.5 Å². The largest absolute Gasteiger partial charge is 0.463 e. The minimum atomic E-state index is -0.369. The van der Waals surface area contributed by atoms with Crippen molar-refractivity contribution in [3.05, 3.63) is 35.0 Å². The van der Waals surface area contributed by atoms with Crippen LogP contribution in [0.15, 0.2) is 29.5 Å². The Morgan fingerprint density at radius 1 is 1.16 bits per heavy atom. The van der Waals surface area contributed by atoms with Gasteiger partial charge in [0.25, 0.3) is 0 Å². The SMILES string of the molecule is CCOC(=O)C1=C(CN(Cc2ccc3c(c2)OCO3)C2CCCC2)NC(=O)NC1CC. The molecule has 1 aromatic carbocycles. The molecule has 31 heavy (non-hydrogen) atoms. The molecule has 0 bridgehead atoms. The molecule has 168 valence electrons. The van der Waals surface area contributed by atoms with Gasteiger partial charge in [-0.3, -0.25) is 4.90 Å². The smallest absolute Gasteiger partial charge is 0.337 e. The van der Waals surface area contributed by atoms with Gasteiger partial charge in [-0.05, 0) is 43.9 Å². The van der Waals surface area contributed by atoms with E-state index in [1.165, 1.54) is 12.8 Å². The Hall–Kier alpha value is -2.74. The molecule has 0 spiro atoms. The number of amides is 2. The molecule has 0 aromatic heterocycles. The summed E-state index contributed by atoms with van der Waals surface area (Å²) in [6.45, 7) is 5.47. The minimum absolute atomic E-state index is 0.248. The Labute approximate surface area is 182 Å². The zero-order valence-corrected chi connectivity index (χ0v) is 18.2. The lowest BCUT2D eigenvalue weighted by atomic mass is 9.99. The maximum Gasteiger partial charge on any atom is 0.337 e. The third kappa shape index (κ3) is 4.79. The fourth-order valence-corrected chi connectivity index (χ4v) is 4.65. The first-order valence-electron chi connectivity index (χ1n) is 11.2. The fraction of sp³-hybridized carbons (Fsp3) is 0.565. The molecule has 2 heterocycles. The van der Waals surface area contributed by atoms with E-state index in [1.807, 2.05) is 25.1 Å². The van der Waals surface area contributed by atoms with Crippen molar-refractivity contribution in [2.45, 2.75) is 64.6 Å². The topological polar surface area (TPSA) is 89.1 Å². The Bertz CT molecular complexity index is 863. The number of nitrogens with zero attached hydrogens (tertiary/aromatic N) is 1. The summed E-state index contributed by atoms with van der Waals surface area (Å²) >= 11 is 0. The Morgan fingerprint density at radius 2 is 1.94 bits per heavy atom. The lowest BCUT2D eigenvalue weighted by molar-refractivity contribution is -0.139. The standard InChI is InChI=1S/C23H31N3O5/c1-3-17-21(22(27)29-4-2)18(25-23(28)24-17)13-26(16-7-5-6-8-16)12-15-9-10-19-20(11-15)31-14-30-19/h9-11,16-17H,3-8,12-14H2,1-2H3,(H2,24,25,28). The number of rotatable bonds is 8. The van der Waals surface area contributed by atoms with Gasteiger partial charge in [0.2, 0.25) is 6.79 Å². The fourth-order valence-electron chi connectivity index (χ4n) is 4.65. The second-order valence-corrected chi connectivity index (χ2v) is 8.20. The van der Waals surface area contributed by atoms with Gasteiger partial charge in [-0.15, -0.1) is 0 Å². The van der Waals surface area contributed by atoms with Crippen LogP contribution in [0.25, 0.3) is 0 Å². The van der Waals surface area contributed by atoms with Crippen molar-refractivity contribution in [1.82, 2.24) is 15.5 Å². The summed E-state index contributed by atoms with van der Waals surface area (Å²) in [6, 6.07) is 5.77. The molecule has 1 aromatic rings. The van der Waals surface area contributed by atoms with Crippen LogP contribution in [0.1, 0.15) is 51.5 Å². The van der Waals surface area contributed by atoms with Crippen LogP contribution >= 0.6 is 0 Å². The van der Waals surface area contributed by atoms with E-state index in [4.69, 9.17) is 14.2 Å². The zero-order chi connectivity index (χ0) is 21.8.